The van der Waals surface area contributed by atoms with Crippen LogP contribution in [0.25, 0.3) is 0 Å². The Hall–Kier alpha value is -3.94. The Bertz CT molecular complexity index is 1000. The first kappa shape index (κ1) is 24.3. The standard InChI is InChI=1S/C24H24O8/c1-4-29-22(26)15-18(23(27)30-5-2)14-17-10-12-19(13-11-17)32-24(28)20-8-6-7-9-21(20)31-16(3)25/h6-13,15H,4-5,14H2,1-3H3/b18-15-. The topological polar surface area (TPSA) is 105 Å². The second-order valence-electron chi connectivity index (χ2n) is 6.44. The number of hydrogen-bond donors (Lipinski definition) is 0. The lowest BCUT2D eigenvalue weighted by Gasteiger charge is -2.10. The lowest BCUT2D eigenvalue weighted by atomic mass is 10.0. The van der Waals surface area contributed by atoms with Gasteiger partial charge in [-0.1, -0.05) is 24.3 Å². The molecule has 0 N–H and O–H groups in total. The number of ether oxygens (including phenoxy) is 4. The van der Waals surface area contributed by atoms with Gasteiger partial charge in [-0.15, -0.1) is 0 Å². The van der Waals surface area contributed by atoms with Crippen molar-refractivity contribution in [2.24, 2.45) is 0 Å². The highest BCUT2D eigenvalue weighted by Crippen LogP contribution is 2.22. The van der Waals surface area contributed by atoms with E-state index in [2.05, 4.69) is 0 Å². The molecule has 0 amide bonds. The van der Waals surface area contributed by atoms with E-state index in [1.54, 1.807) is 50.2 Å². The van der Waals surface area contributed by atoms with Crippen molar-refractivity contribution in [1.82, 2.24) is 0 Å². The van der Waals surface area contributed by atoms with Gasteiger partial charge >= 0.3 is 23.9 Å². The summed E-state index contributed by atoms with van der Waals surface area (Å²) in [6.07, 6.45) is 1.24. The Morgan fingerprint density at radius 1 is 0.844 bits per heavy atom. The van der Waals surface area contributed by atoms with Gasteiger partial charge in [0.15, 0.2) is 0 Å². The van der Waals surface area contributed by atoms with Crippen LogP contribution in [0.2, 0.25) is 0 Å². The third kappa shape index (κ3) is 7.39. The number of benzene rings is 2. The number of esters is 4. The molecule has 0 spiro atoms. The smallest absolute Gasteiger partial charge is 0.347 e. The largest absolute Gasteiger partial charge is 0.463 e. The molecule has 0 unspecified atom stereocenters. The fourth-order valence-electron chi connectivity index (χ4n) is 2.67. The first-order valence-corrected chi connectivity index (χ1v) is 9.97. The summed E-state index contributed by atoms with van der Waals surface area (Å²) < 4.78 is 20.2. The van der Waals surface area contributed by atoms with Crippen LogP contribution >= 0.6 is 0 Å². The van der Waals surface area contributed by atoms with E-state index in [4.69, 9.17) is 18.9 Å². The molecule has 2 rings (SSSR count). The first-order valence-electron chi connectivity index (χ1n) is 9.97. The molecule has 0 aromatic heterocycles. The molecular weight excluding hydrogens is 416 g/mol. The highest BCUT2D eigenvalue weighted by Gasteiger charge is 2.17. The summed E-state index contributed by atoms with van der Waals surface area (Å²) in [6.45, 7) is 4.93. The molecule has 0 aliphatic carbocycles. The zero-order chi connectivity index (χ0) is 23.5. The monoisotopic (exact) mass is 440 g/mol. The molecule has 168 valence electrons. The predicted octanol–water partition coefficient (Wildman–Crippen LogP) is 3.43. The average molecular weight is 440 g/mol. The van der Waals surface area contributed by atoms with Gasteiger partial charge in [-0.05, 0) is 43.7 Å². The van der Waals surface area contributed by atoms with Gasteiger partial charge in [0.05, 0.1) is 13.2 Å². The Morgan fingerprint density at radius 3 is 2.12 bits per heavy atom. The zero-order valence-corrected chi connectivity index (χ0v) is 18.1. The van der Waals surface area contributed by atoms with Gasteiger partial charge in [0.2, 0.25) is 0 Å². The van der Waals surface area contributed by atoms with Crippen LogP contribution in [0.1, 0.15) is 36.7 Å². The number of rotatable bonds is 9. The molecule has 0 radical (unpaired) electrons. The fourth-order valence-corrected chi connectivity index (χ4v) is 2.67. The number of hydrogen-bond acceptors (Lipinski definition) is 8. The molecule has 8 heteroatoms. The van der Waals surface area contributed by atoms with E-state index in [0.717, 1.165) is 6.08 Å². The van der Waals surface area contributed by atoms with E-state index in [9.17, 15) is 19.2 Å². The van der Waals surface area contributed by atoms with Gasteiger partial charge in [0.25, 0.3) is 0 Å². The van der Waals surface area contributed by atoms with E-state index < -0.39 is 23.9 Å². The third-order valence-electron chi connectivity index (χ3n) is 4.01. The fraction of sp³-hybridized carbons (Fsp3) is 0.250. The van der Waals surface area contributed by atoms with Crippen LogP contribution < -0.4 is 9.47 Å². The second kappa shape index (κ2) is 12.0. The Morgan fingerprint density at radius 2 is 1.50 bits per heavy atom. The van der Waals surface area contributed by atoms with Crippen LogP contribution in [0.15, 0.2) is 60.2 Å². The molecule has 2 aromatic rings. The summed E-state index contributed by atoms with van der Waals surface area (Å²) in [7, 11) is 0. The highest BCUT2D eigenvalue weighted by atomic mass is 16.6. The summed E-state index contributed by atoms with van der Waals surface area (Å²) in [4.78, 5) is 47.6. The van der Waals surface area contributed by atoms with E-state index in [1.165, 1.54) is 19.1 Å². The molecule has 0 atom stereocenters. The van der Waals surface area contributed by atoms with Gasteiger partial charge in [-0.25, -0.2) is 14.4 Å². The maximum Gasteiger partial charge on any atom is 0.347 e. The molecule has 8 nitrogen and oxygen atoms in total. The number of para-hydroxylation sites is 1. The van der Waals surface area contributed by atoms with Crippen molar-refractivity contribution in [2.75, 3.05) is 13.2 Å². The van der Waals surface area contributed by atoms with E-state index in [1.807, 2.05) is 0 Å². The molecule has 0 aliphatic rings. The van der Waals surface area contributed by atoms with Crippen LogP contribution in [-0.4, -0.2) is 37.1 Å². The van der Waals surface area contributed by atoms with Crippen LogP contribution in [0.3, 0.4) is 0 Å². The Balaban J connectivity index is 2.13. The van der Waals surface area contributed by atoms with E-state index in [-0.39, 0.29) is 42.3 Å². The second-order valence-corrected chi connectivity index (χ2v) is 6.44. The van der Waals surface area contributed by atoms with Gasteiger partial charge in [-0.2, -0.15) is 0 Å². The zero-order valence-electron chi connectivity index (χ0n) is 18.1. The predicted molar refractivity (Wildman–Crippen MR) is 114 cm³/mol. The summed E-state index contributed by atoms with van der Waals surface area (Å²) in [6, 6.07) is 12.6. The molecule has 0 heterocycles. The van der Waals surface area contributed by atoms with Gasteiger partial charge < -0.3 is 18.9 Å². The lowest BCUT2D eigenvalue weighted by Crippen LogP contribution is -2.13. The van der Waals surface area contributed by atoms with Crippen LogP contribution in [0.5, 0.6) is 11.5 Å². The maximum absolute atomic E-state index is 12.5. The molecule has 0 bridgehead atoms. The number of carbonyl (C=O) groups excluding carboxylic acids is 4. The Kier molecular flexibility index (Phi) is 9.16. The van der Waals surface area contributed by atoms with Crippen molar-refractivity contribution < 1.29 is 38.1 Å². The summed E-state index contributed by atoms with van der Waals surface area (Å²) >= 11 is 0. The molecular formula is C24H24O8. The van der Waals surface area contributed by atoms with Crippen LogP contribution in [-0.2, 0) is 30.3 Å². The molecule has 0 saturated carbocycles. The first-order chi connectivity index (χ1) is 15.3. The summed E-state index contributed by atoms with van der Waals surface area (Å²) in [5.74, 6) is -2.13. The molecule has 0 saturated heterocycles. The van der Waals surface area contributed by atoms with Crippen molar-refractivity contribution in [3.8, 4) is 11.5 Å². The van der Waals surface area contributed by atoms with Crippen molar-refractivity contribution >= 4 is 23.9 Å². The summed E-state index contributed by atoms with van der Waals surface area (Å²) in [5.41, 5.74) is 0.938. The van der Waals surface area contributed by atoms with Gasteiger partial charge in [0, 0.05) is 25.0 Å². The average Bonchev–Trinajstić information content (AvgIpc) is 2.75. The SMILES string of the molecule is CCOC(=O)/C=C(/Cc1ccc(OC(=O)c2ccccc2OC(C)=O)cc1)C(=O)OCC. The third-order valence-corrected chi connectivity index (χ3v) is 4.01. The molecule has 0 aliphatic heterocycles. The van der Waals surface area contributed by atoms with Gasteiger partial charge in [0.1, 0.15) is 17.1 Å². The van der Waals surface area contributed by atoms with Crippen molar-refractivity contribution in [3.05, 3.63) is 71.3 Å². The number of carbonyl (C=O) groups is 4. The minimum absolute atomic E-state index is 0.102. The van der Waals surface area contributed by atoms with Gasteiger partial charge in [-0.3, -0.25) is 4.79 Å². The minimum atomic E-state index is -0.691. The Labute approximate surface area is 185 Å². The summed E-state index contributed by atoms with van der Waals surface area (Å²) in [5, 5.41) is 0. The molecule has 32 heavy (non-hydrogen) atoms. The van der Waals surface area contributed by atoms with E-state index >= 15 is 0 Å². The lowest BCUT2D eigenvalue weighted by molar-refractivity contribution is -0.141. The minimum Gasteiger partial charge on any atom is -0.463 e. The quantitative estimate of drug-likeness (QED) is 0.332. The maximum atomic E-state index is 12.5. The van der Waals surface area contributed by atoms with Crippen LogP contribution in [0, 0.1) is 0 Å². The van der Waals surface area contributed by atoms with Crippen molar-refractivity contribution in [3.63, 3.8) is 0 Å². The highest BCUT2D eigenvalue weighted by molar-refractivity contribution is 5.97. The van der Waals surface area contributed by atoms with Crippen LogP contribution in [0.4, 0.5) is 0 Å². The normalized spacial score (nSPS) is 10.8. The van der Waals surface area contributed by atoms with Crippen molar-refractivity contribution in [2.45, 2.75) is 27.2 Å². The van der Waals surface area contributed by atoms with E-state index in [0.29, 0.717) is 5.56 Å². The molecule has 0 fully saturated rings. The van der Waals surface area contributed by atoms with Crippen molar-refractivity contribution in [1.29, 1.82) is 0 Å². The molecule has 2 aromatic carbocycles.